The number of piperazine rings is 1. The van der Waals surface area contributed by atoms with E-state index in [1.165, 1.54) is 0 Å². The summed E-state index contributed by atoms with van der Waals surface area (Å²) in [6.07, 6.45) is 1.93. The molecule has 0 spiro atoms. The van der Waals surface area contributed by atoms with Crippen molar-refractivity contribution in [2.24, 2.45) is 5.16 Å². The molecule has 2 heterocycles. The van der Waals surface area contributed by atoms with Crippen molar-refractivity contribution >= 4 is 15.7 Å². The number of oxime groups is 1. The Hall–Kier alpha value is -1.44. The van der Waals surface area contributed by atoms with Gasteiger partial charge in [0.25, 0.3) is 0 Å². The fourth-order valence-electron chi connectivity index (χ4n) is 2.98. The summed E-state index contributed by atoms with van der Waals surface area (Å²) in [6.45, 7) is 5.39. The summed E-state index contributed by atoms with van der Waals surface area (Å²) >= 11 is 0. The lowest BCUT2D eigenvalue weighted by Crippen LogP contribution is -2.50. The van der Waals surface area contributed by atoms with Crippen molar-refractivity contribution in [3.05, 3.63) is 30.3 Å². The first kappa shape index (κ1) is 16.4. The number of benzene rings is 1. The van der Waals surface area contributed by atoms with E-state index in [1.54, 1.807) is 28.6 Å². The topological polar surface area (TPSA) is 62.2 Å². The zero-order valence-corrected chi connectivity index (χ0v) is 14.2. The van der Waals surface area contributed by atoms with Crippen LogP contribution in [0.1, 0.15) is 19.8 Å². The first-order valence-electron chi connectivity index (χ1n) is 8.08. The highest BCUT2D eigenvalue weighted by Crippen LogP contribution is 2.19. The molecular weight excluding hydrogens is 314 g/mol. The number of nitrogens with zero attached hydrogens (tertiary/aromatic N) is 3. The molecule has 1 aromatic rings. The Morgan fingerprint density at radius 2 is 1.87 bits per heavy atom. The number of hydrogen-bond donors (Lipinski definition) is 0. The average Bonchev–Trinajstić information content (AvgIpc) is 3.04. The number of hydrogen-bond acceptors (Lipinski definition) is 5. The molecule has 2 aliphatic heterocycles. The van der Waals surface area contributed by atoms with E-state index in [-0.39, 0.29) is 6.10 Å². The lowest BCUT2D eigenvalue weighted by Gasteiger charge is -2.34. The van der Waals surface area contributed by atoms with Crippen molar-refractivity contribution < 1.29 is 13.3 Å². The summed E-state index contributed by atoms with van der Waals surface area (Å²) in [5, 5.41) is 4.08. The highest BCUT2D eigenvalue weighted by atomic mass is 32.2. The zero-order valence-electron chi connectivity index (χ0n) is 13.4. The first-order chi connectivity index (χ1) is 11.1. The molecule has 1 saturated heterocycles. The van der Waals surface area contributed by atoms with Crippen molar-refractivity contribution in [2.75, 3.05) is 32.7 Å². The van der Waals surface area contributed by atoms with Crippen LogP contribution in [-0.2, 0) is 14.9 Å². The fourth-order valence-corrected chi connectivity index (χ4v) is 4.42. The Kier molecular flexibility index (Phi) is 4.99. The molecule has 1 fully saturated rings. The minimum Gasteiger partial charge on any atom is -0.391 e. The van der Waals surface area contributed by atoms with Gasteiger partial charge in [-0.1, -0.05) is 30.3 Å². The molecular formula is C16H23N3O3S. The molecule has 2 aliphatic rings. The van der Waals surface area contributed by atoms with E-state index < -0.39 is 10.0 Å². The van der Waals surface area contributed by atoms with Gasteiger partial charge >= 0.3 is 0 Å². The molecule has 0 radical (unpaired) electrons. The molecule has 126 valence electrons. The van der Waals surface area contributed by atoms with Gasteiger partial charge in [-0.3, -0.25) is 4.90 Å². The molecule has 23 heavy (non-hydrogen) atoms. The molecule has 3 rings (SSSR count). The van der Waals surface area contributed by atoms with E-state index in [1.807, 2.05) is 6.07 Å². The fraction of sp³-hybridized carbons (Fsp3) is 0.562. The second-order valence-corrected chi connectivity index (χ2v) is 7.90. The van der Waals surface area contributed by atoms with Gasteiger partial charge in [0.1, 0.15) is 6.10 Å². The molecule has 0 amide bonds. The monoisotopic (exact) mass is 337 g/mol. The molecule has 7 heteroatoms. The Bertz CT molecular complexity index is 652. The molecule has 0 bridgehead atoms. The summed E-state index contributed by atoms with van der Waals surface area (Å²) in [5.41, 5.74) is 1.11. The van der Waals surface area contributed by atoms with Crippen LogP contribution in [-0.4, -0.2) is 62.2 Å². The molecule has 1 unspecified atom stereocenters. The molecule has 0 aliphatic carbocycles. The van der Waals surface area contributed by atoms with E-state index >= 15 is 0 Å². The van der Waals surface area contributed by atoms with Gasteiger partial charge in [-0.25, -0.2) is 8.42 Å². The number of rotatable bonds is 5. The van der Waals surface area contributed by atoms with Gasteiger partial charge in [0, 0.05) is 39.1 Å². The van der Waals surface area contributed by atoms with E-state index in [9.17, 15) is 8.42 Å². The minimum atomic E-state index is -3.37. The predicted octanol–water partition coefficient (Wildman–Crippen LogP) is 1.55. The minimum absolute atomic E-state index is 0.113. The molecule has 6 nitrogen and oxygen atoms in total. The predicted molar refractivity (Wildman–Crippen MR) is 88.9 cm³/mol. The summed E-state index contributed by atoms with van der Waals surface area (Å²) in [4.78, 5) is 8.07. The van der Waals surface area contributed by atoms with Crippen LogP contribution >= 0.6 is 0 Å². The summed E-state index contributed by atoms with van der Waals surface area (Å²) in [7, 11) is -3.37. The SMILES string of the molecule is CCC1=NOC(CN2CCN(S(=O)(=O)c3ccccc3)CC2)C1. The Morgan fingerprint density at radius 3 is 2.48 bits per heavy atom. The lowest BCUT2D eigenvalue weighted by atomic mass is 10.1. The Balaban J connectivity index is 1.53. The van der Waals surface area contributed by atoms with Crippen LogP contribution in [0.5, 0.6) is 0 Å². The van der Waals surface area contributed by atoms with Crippen LogP contribution in [0.3, 0.4) is 0 Å². The van der Waals surface area contributed by atoms with Crippen LogP contribution in [0.15, 0.2) is 40.4 Å². The van der Waals surface area contributed by atoms with E-state index in [0.29, 0.717) is 18.0 Å². The third-order valence-electron chi connectivity index (χ3n) is 4.38. The van der Waals surface area contributed by atoms with Gasteiger partial charge in [-0.05, 0) is 18.6 Å². The quantitative estimate of drug-likeness (QED) is 0.818. The summed E-state index contributed by atoms with van der Waals surface area (Å²) < 4.78 is 26.7. The van der Waals surface area contributed by atoms with E-state index in [0.717, 1.165) is 38.2 Å². The van der Waals surface area contributed by atoms with Crippen molar-refractivity contribution in [1.82, 2.24) is 9.21 Å². The molecule has 1 atom stereocenters. The maximum absolute atomic E-state index is 12.6. The van der Waals surface area contributed by atoms with Crippen LogP contribution < -0.4 is 0 Å². The van der Waals surface area contributed by atoms with Gasteiger partial charge in [0.15, 0.2) is 0 Å². The van der Waals surface area contributed by atoms with Crippen molar-refractivity contribution in [2.45, 2.75) is 30.8 Å². The third kappa shape index (κ3) is 3.73. The molecule has 0 N–H and O–H groups in total. The van der Waals surface area contributed by atoms with Crippen LogP contribution in [0.25, 0.3) is 0 Å². The Labute approximate surface area is 137 Å². The van der Waals surface area contributed by atoms with Gasteiger partial charge < -0.3 is 4.84 Å². The average molecular weight is 337 g/mol. The first-order valence-corrected chi connectivity index (χ1v) is 9.52. The maximum atomic E-state index is 12.6. The lowest BCUT2D eigenvalue weighted by molar-refractivity contribution is 0.0435. The summed E-state index contributed by atoms with van der Waals surface area (Å²) in [5.74, 6) is 0. The molecule has 1 aromatic carbocycles. The Morgan fingerprint density at radius 1 is 1.17 bits per heavy atom. The maximum Gasteiger partial charge on any atom is 0.243 e. The summed E-state index contributed by atoms with van der Waals surface area (Å²) in [6, 6.07) is 8.64. The second kappa shape index (κ2) is 6.98. The smallest absolute Gasteiger partial charge is 0.243 e. The molecule has 0 saturated carbocycles. The molecule has 0 aromatic heterocycles. The highest BCUT2D eigenvalue weighted by Gasteiger charge is 2.30. The standard InChI is InChI=1S/C16H23N3O3S/c1-2-14-12-15(22-17-14)13-18-8-10-19(11-9-18)23(20,21)16-6-4-3-5-7-16/h3-7,15H,2,8-13H2,1H3. The van der Waals surface area contributed by atoms with Gasteiger partial charge in [0.2, 0.25) is 10.0 Å². The largest absolute Gasteiger partial charge is 0.391 e. The second-order valence-electron chi connectivity index (χ2n) is 5.96. The normalized spacial score (nSPS) is 23.5. The van der Waals surface area contributed by atoms with Crippen molar-refractivity contribution in [1.29, 1.82) is 0 Å². The van der Waals surface area contributed by atoms with Crippen LogP contribution in [0, 0.1) is 0 Å². The third-order valence-corrected chi connectivity index (χ3v) is 6.29. The van der Waals surface area contributed by atoms with Crippen molar-refractivity contribution in [3.63, 3.8) is 0 Å². The van der Waals surface area contributed by atoms with Crippen molar-refractivity contribution in [3.8, 4) is 0 Å². The van der Waals surface area contributed by atoms with E-state index in [4.69, 9.17) is 4.84 Å². The van der Waals surface area contributed by atoms with E-state index in [2.05, 4.69) is 17.0 Å². The van der Waals surface area contributed by atoms with Crippen LogP contribution in [0.4, 0.5) is 0 Å². The van der Waals surface area contributed by atoms with Gasteiger partial charge in [0.05, 0.1) is 10.6 Å². The van der Waals surface area contributed by atoms with Gasteiger partial charge in [-0.2, -0.15) is 4.31 Å². The number of sulfonamides is 1. The van der Waals surface area contributed by atoms with Gasteiger partial charge in [-0.15, -0.1) is 0 Å². The zero-order chi connectivity index (χ0) is 16.3. The highest BCUT2D eigenvalue weighted by molar-refractivity contribution is 7.89. The van der Waals surface area contributed by atoms with Crippen LogP contribution in [0.2, 0.25) is 0 Å².